The summed E-state index contributed by atoms with van der Waals surface area (Å²) in [4.78, 5) is 22.2. The van der Waals surface area contributed by atoms with Gasteiger partial charge in [-0.1, -0.05) is 13.8 Å². The number of halogens is 1. The number of thiazole rings is 1. The van der Waals surface area contributed by atoms with Crippen LogP contribution in [0, 0.1) is 19.8 Å². The Morgan fingerprint density at radius 1 is 1.24 bits per heavy atom. The molecule has 5 nitrogen and oxygen atoms in total. The molecule has 0 unspecified atom stereocenters. The molecule has 21 heavy (non-hydrogen) atoms. The molecule has 1 aromatic heterocycles. The summed E-state index contributed by atoms with van der Waals surface area (Å²) in [5, 5.41) is 1.07. The molecule has 120 valence electrons. The van der Waals surface area contributed by atoms with E-state index in [9.17, 15) is 4.79 Å². The van der Waals surface area contributed by atoms with Crippen LogP contribution in [0.15, 0.2) is 0 Å². The highest BCUT2D eigenvalue weighted by molar-refractivity contribution is 7.15. The monoisotopic (exact) mass is 332 g/mol. The van der Waals surface area contributed by atoms with E-state index in [1.54, 1.807) is 11.3 Å². The number of anilines is 1. The van der Waals surface area contributed by atoms with Crippen molar-refractivity contribution < 1.29 is 4.79 Å². The van der Waals surface area contributed by atoms with Crippen molar-refractivity contribution >= 4 is 34.8 Å². The highest BCUT2D eigenvalue weighted by Crippen LogP contribution is 2.26. The maximum atomic E-state index is 12.2. The lowest BCUT2D eigenvalue weighted by Gasteiger charge is -2.36. The summed E-state index contributed by atoms with van der Waals surface area (Å²) in [6.07, 6.45) is 0. The fourth-order valence-corrected chi connectivity index (χ4v) is 3.17. The van der Waals surface area contributed by atoms with Gasteiger partial charge in [-0.25, -0.2) is 4.98 Å². The molecule has 1 fully saturated rings. The van der Waals surface area contributed by atoms with Crippen LogP contribution in [0.2, 0.25) is 0 Å². The van der Waals surface area contributed by atoms with Crippen molar-refractivity contribution in [3.8, 4) is 0 Å². The molecule has 1 aliphatic heterocycles. The highest BCUT2D eigenvalue weighted by Gasteiger charge is 2.27. The molecule has 0 saturated carbocycles. The molecule has 2 N–H and O–H groups in total. The van der Waals surface area contributed by atoms with Crippen LogP contribution in [0.5, 0.6) is 0 Å². The van der Waals surface area contributed by atoms with E-state index in [4.69, 9.17) is 5.73 Å². The van der Waals surface area contributed by atoms with Crippen LogP contribution in [0.25, 0.3) is 0 Å². The summed E-state index contributed by atoms with van der Waals surface area (Å²) in [5.74, 6) is 0.260. The average molecular weight is 333 g/mol. The lowest BCUT2D eigenvalue weighted by Crippen LogP contribution is -2.54. The minimum absolute atomic E-state index is 0. The molecule has 1 amide bonds. The first kappa shape index (κ1) is 18.2. The molecule has 0 aliphatic carbocycles. The van der Waals surface area contributed by atoms with E-state index < -0.39 is 0 Å². The Hall–Kier alpha value is -0.850. The summed E-state index contributed by atoms with van der Waals surface area (Å²) >= 11 is 1.73. The zero-order chi connectivity index (χ0) is 14.9. The van der Waals surface area contributed by atoms with Gasteiger partial charge in [0.2, 0.25) is 5.91 Å². The zero-order valence-corrected chi connectivity index (χ0v) is 14.8. The number of hydrogen-bond donors (Lipinski definition) is 1. The van der Waals surface area contributed by atoms with Crippen LogP contribution < -0.4 is 10.6 Å². The van der Waals surface area contributed by atoms with Crippen molar-refractivity contribution in [3.05, 3.63) is 10.6 Å². The number of nitrogens with two attached hydrogens (primary N) is 1. The number of amides is 1. The summed E-state index contributed by atoms with van der Waals surface area (Å²) < 4.78 is 0. The molecule has 2 rings (SSSR count). The predicted octanol–water partition coefficient (Wildman–Crippen LogP) is 1.81. The van der Waals surface area contributed by atoms with Crippen molar-refractivity contribution in [3.63, 3.8) is 0 Å². The van der Waals surface area contributed by atoms with Gasteiger partial charge in [-0.05, 0) is 19.8 Å². The van der Waals surface area contributed by atoms with Gasteiger partial charge in [0.15, 0.2) is 5.13 Å². The van der Waals surface area contributed by atoms with Gasteiger partial charge in [0, 0.05) is 31.1 Å². The van der Waals surface area contributed by atoms with Crippen molar-refractivity contribution in [2.75, 3.05) is 31.1 Å². The van der Waals surface area contributed by atoms with Gasteiger partial charge in [-0.2, -0.15) is 0 Å². The SMILES string of the molecule is Cc1nc(N2CCN(C(=O)[C@@H](N)C(C)C)CC2)sc1C.Cl. The Balaban J connectivity index is 0.00000220. The number of nitrogens with zero attached hydrogens (tertiary/aromatic N) is 3. The minimum atomic E-state index is -0.383. The van der Waals surface area contributed by atoms with Crippen LogP contribution in [-0.2, 0) is 4.79 Å². The normalized spacial score (nSPS) is 16.9. The average Bonchev–Trinajstić information content (AvgIpc) is 2.77. The number of aryl methyl sites for hydroxylation is 2. The highest BCUT2D eigenvalue weighted by atomic mass is 35.5. The quantitative estimate of drug-likeness (QED) is 0.917. The lowest BCUT2D eigenvalue weighted by atomic mass is 10.0. The number of carbonyl (C=O) groups excluding carboxylic acids is 1. The summed E-state index contributed by atoms with van der Waals surface area (Å²) in [6.45, 7) is 11.2. The van der Waals surface area contributed by atoms with Gasteiger partial charge in [0.25, 0.3) is 0 Å². The summed E-state index contributed by atoms with van der Waals surface area (Å²) in [6, 6.07) is -0.383. The van der Waals surface area contributed by atoms with Crippen molar-refractivity contribution in [1.29, 1.82) is 0 Å². The molecule has 0 spiro atoms. The van der Waals surface area contributed by atoms with E-state index in [0.29, 0.717) is 0 Å². The molecule has 0 bridgehead atoms. The van der Waals surface area contributed by atoms with E-state index >= 15 is 0 Å². The number of hydrogen-bond acceptors (Lipinski definition) is 5. The van der Waals surface area contributed by atoms with Gasteiger partial charge in [0.05, 0.1) is 11.7 Å². The van der Waals surface area contributed by atoms with Crippen LogP contribution in [0.1, 0.15) is 24.4 Å². The molecule has 2 heterocycles. The number of aromatic nitrogens is 1. The largest absolute Gasteiger partial charge is 0.345 e. The summed E-state index contributed by atoms with van der Waals surface area (Å²) in [7, 11) is 0. The second-order valence-corrected chi connectivity index (χ2v) is 6.90. The van der Waals surface area contributed by atoms with E-state index in [0.717, 1.165) is 37.0 Å². The number of rotatable bonds is 3. The molecule has 1 aliphatic rings. The Kier molecular flexibility index (Phi) is 6.43. The van der Waals surface area contributed by atoms with E-state index in [2.05, 4.69) is 16.8 Å². The molecular formula is C14H25ClN4OS. The molecule has 1 atom stereocenters. The van der Waals surface area contributed by atoms with Gasteiger partial charge < -0.3 is 15.5 Å². The first-order valence-electron chi connectivity index (χ1n) is 7.13. The van der Waals surface area contributed by atoms with Gasteiger partial charge in [-0.3, -0.25) is 4.79 Å². The molecular weight excluding hydrogens is 308 g/mol. The molecule has 0 radical (unpaired) electrons. The fraction of sp³-hybridized carbons (Fsp3) is 0.714. The zero-order valence-electron chi connectivity index (χ0n) is 13.1. The minimum Gasteiger partial charge on any atom is -0.345 e. The number of carbonyl (C=O) groups is 1. The Morgan fingerprint density at radius 2 is 1.81 bits per heavy atom. The predicted molar refractivity (Wildman–Crippen MR) is 90.4 cm³/mol. The third kappa shape index (κ3) is 4.08. The molecule has 0 aromatic carbocycles. The molecule has 7 heteroatoms. The second-order valence-electron chi connectivity index (χ2n) is 5.72. The third-order valence-electron chi connectivity index (χ3n) is 3.88. The Labute approximate surface area is 136 Å². The maximum Gasteiger partial charge on any atom is 0.239 e. The molecule has 1 saturated heterocycles. The van der Waals surface area contributed by atoms with Crippen LogP contribution in [-0.4, -0.2) is 48.0 Å². The van der Waals surface area contributed by atoms with Crippen LogP contribution >= 0.6 is 23.7 Å². The van der Waals surface area contributed by atoms with E-state index in [-0.39, 0.29) is 30.3 Å². The van der Waals surface area contributed by atoms with E-state index in [1.165, 1.54) is 4.88 Å². The van der Waals surface area contributed by atoms with E-state index in [1.807, 2.05) is 25.7 Å². The molecule has 1 aromatic rings. The smallest absolute Gasteiger partial charge is 0.239 e. The Bertz CT molecular complexity index is 464. The van der Waals surface area contributed by atoms with Gasteiger partial charge >= 0.3 is 0 Å². The fourth-order valence-electron chi connectivity index (χ4n) is 2.21. The first-order chi connectivity index (χ1) is 9.40. The van der Waals surface area contributed by atoms with Crippen LogP contribution in [0.3, 0.4) is 0 Å². The Morgan fingerprint density at radius 3 is 2.24 bits per heavy atom. The lowest BCUT2D eigenvalue weighted by molar-refractivity contribution is -0.133. The maximum absolute atomic E-state index is 12.2. The second kappa shape index (κ2) is 7.42. The van der Waals surface area contributed by atoms with Crippen molar-refractivity contribution in [1.82, 2.24) is 9.88 Å². The topological polar surface area (TPSA) is 62.5 Å². The summed E-state index contributed by atoms with van der Waals surface area (Å²) in [5.41, 5.74) is 7.05. The first-order valence-corrected chi connectivity index (χ1v) is 7.95. The standard InChI is InChI=1S/C14H24N4OS.ClH/c1-9(2)12(15)13(19)17-5-7-18(8-6-17)14-16-10(3)11(4)20-14;/h9,12H,5-8,15H2,1-4H3;1H/t12-;/m0./s1. The van der Waals surface area contributed by atoms with Gasteiger partial charge in [0.1, 0.15) is 0 Å². The van der Waals surface area contributed by atoms with Crippen molar-refractivity contribution in [2.24, 2.45) is 11.7 Å². The van der Waals surface area contributed by atoms with Crippen molar-refractivity contribution in [2.45, 2.75) is 33.7 Å². The van der Waals surface area contributed by atoms with Gasteiger partial charge in [-0.15, -0.1) is 23.7 Å². The third-order valence-corrected chi connectivity index (χ3v) is 5.02. The number of piperazine rings is 1. The van der Waals surface area contributed by atoms with Crippen LogP contribution in [0.4, 0.5) is 5.13 Å².